The Hall–Kier alpha value is -1.68. The zero-order valence-corrected chi connectivity index (χ0v) is 10.6. The highest BCUT2D eigenvalue weighted by molar-refractivity contribution is 6.00. The highest BCUT2D eigenvalue weighted by atomic mass is 16.5. The van der Waals surface area contributed by atoms with E-state index < -0.39 is 0 Å². The van der Waals surface area contributed by atoms with Crippen molar-refractivity contribution in [2.75, 3.05) is 11.9 Å². The molecule has 2 rings (SSSR count). The number of ketones is 1. The lowest BCUT2D eigenvalue weighted by molar-refractivity contribution is -0.114. The predicted octanol–water partition coefficient (Wildman–Crippen LogP) is 2.25. The first-order valence-corrected chi connectivity index (χ1v) is 6.11. The normalized spacial score (nSPS) is 22.8. The number of Topliss-reactive ketones (excluding diaryl/α,β-unsaturated/α-hetero) is 1. The van der Waals surface area contributed by atoms with Crippen molar-refractivity contribution in [3.05, 3.63) is 29.8 Å². The number of carbonyl (C=O) groups excluding carboxylic acids is 2. The largest absolute Gasteiger partial charge is 0.370 e. The number of benzene rings is 1. The number of hydrogen-bond acceptors (Lipinski definition) is 3. The molecule has 4 nitrogen and oxygen atoms in total. The summed E-state index contributed by atoms with van der Waals surface area (Å²) in [7, 11) is 0. The molecular formula is C14H17NO3. The SMILES string of the molecule is CC(=O)Nc1ccc(C(=O)C2OCCC2C)cc1. The molecule has 0 bridgehead atoms. The first-order chi connectivity index (χ1) is 8.58. The molecule has 1 amide bonds. The van der Waals surface area contributed by atoms with Gasteiger partial charge in [0.05, 0.1) is 0 Å². The third kappa shape index (κ3) is 2.76. The fraction of sp³-hybridized carbons (Fsp3) is 0.429. The van der Waals surface area contributed by atoms with Crippen LogP contribution in [-0.2, 0) is 9.53 Å². The first-order valence-electron chi connectivity index (χ1n) is 6.11. The van der Waals surface area contributed by atoms with E-state index in [0.717, 1.165) is 6.42 Å². The molecule has 2 atom stereocenters. The van der Waals surface area contributed by atoms with Gasteiger partial charge >= 0.3 is 0 Å². The van der Waals surface area contributed by atoms with E-state index in [-0.39, 0.29) is 23.7 Å². The molecule has 1 aliphatic rings. The minimum atomic E-state index is -0.323. The van der Waals surface area contributed by atoms with Gasteiger partial charge in [-0.15, -0.1) is 0 Å². The van der Waals surface area contributed by atoms with E-state index in [9.17, 15) is 9.59 Å². The summed E-state index contributed by atoms with van der Waals surface area (Å²) in [6.45, 7) is 4.13. The Morgan fingerprint density at radius 1 is 1.28 bits per heavy atom. The summed E-state index contributed by atoms with van der Waals surface area (Å²) < 4.78 is 5.46. The number of ether oxygens (including phenoxy) is 1. The number of anilines is 1. The zero-order chi connectivity index (χ0) is 13.1. The van der Waals surface area contributed by atoms with Crippen molar-refractivity contribution in [1.29, 1.82) is 0 Å². The number of rotatable bonds is 3. The number of hydrogen-bond donors (Lipinski definition) is 1. The van der Waals surface area contributed by atoms with Crippen LogP contribution in [0.3, 0.4) is 0 Å². The Kier molecular flexibility index (Phi) is 3.77. The number of carbonyl (C=O) groups is 2. The maximum Gasteiger partial charge on any atom is 0.221 e. The minimum absolute atomic E-state index is 0.0226. The topological polar surface area (TPSA) is 55.4 Å². The van der Waals surface area contributed by atoms with Crippen molar-refractivity contribution in [3.8, 4) is 0 Å². The van der Waals surface area contributed by atoms with Crippen LogP contribution in [-0.4, -0.2) is 24.4 Å². The van der Waals surface area contributed by atoms with Crippen molar-refractivity contribution in [2.24, 2.45) is 5.92 Å². The molecule has 0 radical (unpaired) electrons. The molecule has 1 N–H and O–H groups in total. The third-order valence-electron chi connectivity index (χ3n) is 3.14. The van der Waals surface area contributed by atoms with Gasteiger partial charge in [0.25, 0.3) is 0 Å². The second-order valence-electron chi connectivity index (χ2n) is 4.68. The van der Waals surface area contributed by atoms with Gasteiger partial charge in [0.1, 0.15) is 6.10 Å². The molecular weight excluding hydrogens is 230 g/mol. The zero-order valence-electron chi connectivity index (χ0n) is 10.6. The summed E-state index contributed by atoms with van der Waals surface area (Å²) in [4.78, 5) is 23.1. The third-order valence-corrected chi connectivity index (χ3v) is 3.14. The van der Waals surface area contributed by atoms with Crippen LogP contribution in [0.5, 0.6) is 0 Å². The highest BCUT2D eigenvalue weighted by Crippen LogP contribution is 2.24. The Bertz CT molecular complexity index is 453. The molecule has 1 aliphatic heterocycles. The van der Waals surface area contributed by atoms with E-state index in [1.807, 2.05) is 6.92 Å². The van der Waals surface area contributed by atoms with E-state index in [2.05, 4.69) is 5.32 Å². The quantitative estimate of drug-likeness (QED) is 0.833. The van der Waals surface area contributed by atoms with Gasteiger partial charge in [-0.25, -0.2) is 0 Å². The molecule has 1 saturated heterocycles. The molecule has 2 unspecified atom stereocenters. The lowest BCUT2D eigenvalue weighted by Gasteiger charge is -2.13. The van der Waals surface area contributed by atoms with Crippen LogP contribution in [0.1, 0.15) is 30.6 Å². The number of nitrogens with one attached hydrogen (secondary N) is 1. The molecule has 0 aromatic heterocycles. The van der Waals surface area contributed by atoms with Crippen LogP contribution in [0.4, 0.5) is 5.69 Å². The Morgan fingerprint density at radius 2 is 1.94 bits per heavy atom. The second kappa shape index (κ2) is 5.31. The summed E-state index contributed by atoms with van der Waals surface area (Å²) in [6.07, 6.45) is 0.608. The molecule has 1 aromatic carbocycles. The molecule has 96 valence electrons. The summed E-state index contributed by atoms with van der Waals surface area (Å²) in [5.41, 5.74) is 1.32. The average molecular weight is 247 g/mol. The highest BCUT2D eigenvalue weighted by Gasteiger charge is 2.31. The van der Waals surface area contributed by atoms with Crippen LogP contribution in [0.15, 0.2) is 24.3 Å². The van der Waals surface area contributed by atoms with Gasteiger partial charge in [0, 0.05) is 24.8 Å². The monoisotopic (exact) mass is 247 g/mol. The molecule has 4 heteroatoms. The van der Waals surface area contributed by atoms with Gasteiger partial charge in [-0.1, -0.05) is 6.92 Å². The van der Waals surface area contributed by atoms with E-state index in [4.69, 9.17) is 4.74 Å². The Balaban J connectivity index is 2.09. The fourth-order valence-corrected chi connectivity index (χ4v) is 2.12. The van der Waals surface area contributed by atoms with Gasteiger partial charge < -0.3 is 10.1 Å². The van der Waals surface area contributed by atoms with Gasteiger partial charge in [0.15, 0.2) is 5.78 Å². The lowest BCUT2D eigenvalue weighted by atomic mass is 9.96. The maximum absolute atomic E-state index is 12.2. The first kappa shape index (κ1) is 12.8. The van der Waals surface area contributed by atoms with Crippen LogP contribution in [0.2, 0.25) is 0 Å². The number of amides is 1. The standard InChI is InChI=1S/C14H17NO3/c1-9-7-8-18-14(9)13(17)11-3-5-12(6-4-11)15-10(2)16/h3-6,9,14H,7-8H2,1-2H3,(H,15,16). The van der Waals surface area contributed by atoms with Crippen molar-refractivity contribution in [2.45, 2.75) is 26.4 Å². The van der Waals surface area contributed by atoms with Crippen molar-refractivity contribution in [1.82, 2.24) is 0 Å². The predicted molar refractivity (Wildman–Crippen MR) is 68.6 cm³/mol. The average Bonchev–Trinajstić information content (AvgIpc) is 2.75. The molecule has 0 aliphatic carbocycles. The molecule has 0 saturated carbocycles. The summed E-state index contributed by atoms with van der Waals surface area (Å²) in [6, 6.07) is 6.91. The van der Waals surface area contributed by atoms with Gasteiger partial charge in [-0.3, -0.25) is 9.59 Å². The van der Waals surface area contributed by atoms with Crippen LogP contribution in [0, 0.1) is 5.92 Å². The Labute approximate surface area is 106 Å². The van der Waals surface area contributed by atoms with E-state index >= 15 is 0 Å². The summed E-state index contributed by atoms with van der Waals surface area (Å²) in [5.74, 6) is 0.170. The van der Waals surface area contributed by atoms with Crippen LogP contribution in [0.25, 0.3) is 0 Å². The Morgan fingerprint density at radius 3 is 2.44 bits per heavy atom. The molecule has 1 aromatic rings. The van der Waals surface area contributed by atoms with Crippen LogP contribution < -0.4 is 5.32 Å². The van der Waals surface area contributed by atoms with Crippen LogP contribution >= 0.6 is 0 Å². The van der Waals surface area contributed by atoms with E-state index in [1.54, 1.807) is 24.3 Å². The molecule has 1 heterocycles. The van der Waals surface area contributed by atoms with Gasteiger partial charge in [-0.2, -0.15) is 0 Å². The molecule has 0 spiro atoms. The van der Waals surface area contributed by atoms with Crippen molar-refractivity contribution >= 4 is 17.4 Å². The minimum Gasteiger partial charge on any atom is -0.370 e. The van der Waals surface area contributed by atoms with Gasteiger partial charge in [0.2, 0.25) is 5.91 Å². The van der Waals surface area contributed by atoms with E-state index in [0.29, 0.717) is 17.9 Å². The fourth-order valence-electron chi connectivity index (χ4n) is 2.12. The molecule has 18 heavy (non-hydrogen) atoms. The maximum atomic E-state index is 12.2. The van der Waals surface area contributed by atoms with Crippen molar-refractivity contribution < 1.29 is 14.3 Å². The molecule has 1 fully saturated rings. The van der Waals surface area contributed by atoms with E-state index in [1.165, 1.54) is 6.92 Å². The summed E-state index contributed by atoms with van der Waals surface area (Å²) >= 11 is 0. The summed E-state index contributed by atoms with van der Waals surface area (Å²) in [5, 5.41) is 2.67. The lowest BCUT2D eigenvalue weighted by Crippen LogP contribution is -2.25. The van der Waals surface area contributed by atoms with Gasteiger partial charge in [-0.05, 0) is 36.6 Å². The smallest absolute Gasteiger partial charge is 0.221 e. The second-order valence-corrected chi connectivity index (χ2v) is 4.68. The van der Waals surface area contributed by atoms with Crippen molar-refractivity contribution in [3.63, 3.8) is 0 Å².